The number of aromatic carboxylic acids is 1. The molecule has 1 aromatic rings. The smallest absolute Gasteiger partial charge is 0.335 e. The Morgan fingerprint density at radius 2 is 1.88 bits per heavy atom. The first-order chi connectivity index (χ1) is 8.25. The van der Waals surface area contributed by atoms with E-state index in [2.05, 4.69) is 0 Å². The van der Waals surface area contributed by atoms with Crippen LogP contribution in [0.1, 0.15) is 28.8 Å². The van der Waals surface area contributed by atoms with Crippen LogP contribution < -0.4 is 0 Å². The van der Waals surface area contributed by atoms with Crippen LogP contribution in [0, 0.1) is 0 Å². The third-order valence-electron chi connectivity index (χ3n) is 2.80. The minimum Gasteiger partial charge on any atom is -0.478 e. The van der Waals surface area contributed by atoms with Crippen LogP contribution in [-0.2, 0) is 15.9 Å². The number of rotatable bonds is 5. The van der Waals surface area contributed by atoms with E-state index >= 15 is 0 Å². The monoisotopic (exact) mass is 236 g/mol. The van der Waals surface area contributed by atoms with Gasteiger partial charge >= 0.3 is 5.97 Å². The average Bonchev–Trinajstić information content (AvgIpc) is 2.83. The van der Waals surface area contributed by atoms with E-state index in [9.17, 15) is 4.79 Å². The van der Waals surface area contributed by atoms with Gasteiger partial charge in [0.1, 0.15) is 0 Å². The highest BCUT2D eigenvalue weighted by Crippen LogP contribution is 2.13. The molecule has 1 N–H and O–H groups in total. The van der Waals surface area contributed by atoms with Crippen molar-refractivity contribution in [3.05, 3.63) is 35.4 Å². The Kier molecular flexibility index (Phi) is 4.12. The minimum atomic E-state index is -0.885. The molecule has 0 saturated carbocycles. The Hall–Kier alpha value is -1.39. The number of hydrogen-bond donors (Lipinski definition) is 1. The second-order valence-corrected chi connectivity index (χ2v) is 4.07. The van der Waals surface area contributed by atoms with E-state index in [1.165, 1.54) is 0 Å². The van der Waals surface area contributed by atoms with Crippen molar-refractivity contribution in [2.24, 2.45) is 0 Å². The summed E-state index contributed by atoms with van der Waals surface area (Å²) in [4.78, 5) is 10.7. The molecule has 0 aromatic heterocycles. The number of aryl methyl sites for hydroxylation is 1. The standard InChI is InChI=1S/C13H16O4/c14-13(15)11-6-4-10(5-7-11)2-1-3-12-16-8-9-17-12/h4-7,12H,1-3,8-9H2,(H,14,15). The lowest BCUT2D eigenvalue weighted by molar-refractivity contribution is -0.0475. The predicted octanol–water partition coefficient (Wildman–Crippen LogP) is 2.08. The summed E-state index contributed by atoms with van der Waals surface area (Å²) in [5.74, 6) is -0.885. The summed E-state index contributed by atoms with van der Waals surface area (Å²) in [6, 6.07) is 7.00. The maximum Gasteiger partial charge on any atom is 0.335 e. The van der Waals surface area contributed by atoms with Crippen LogP contribution in [0.2, 0.25) is 0 Å². The number of benzene rings is 1. The molecule has 0 amide bonds. The number of ether oxygens (including phenoxy) is 2. The van der Waals surface area contributed by atoms with Crippen molar-refractivity contribution < 1.29 is 19.4 Å². The first kappa shape index (κ1) is 12.1. The van der Waals surface area contributed by atoms with Gasteiger partial charge in [0.25, 0.3) is 0 Å². The van der Waals surface area contributed by atoms with Gasteiger partial charge in [0.15, 0.2) is 6.29 Å². The molecule has 0 bridgehead atoms. The molecule has 1 heterocycles. The van der Waals surface area contributed by atoms with E-state index < -0.39 is 5.97 Å². The molecule has 1 aliphatic heterocycles. The van der Waals surface area contributed by atoms with Gasteiger partial charge in [-0.25, -0.2) is 4.79 Å². The molecule has 1 saturated heterocycles. The highest BCUT2D eigenvalue weighted by molar-refractivity contribution is 5.87. The van der Waals surface area contributed by atoms with E-state index in [-0.39, 0.29) is 6.29 Å². The van der Waals surface area contributed by atoms with E-state index in [4.69, 9.17) is 14.6 Å². The molecule has 0 aliphatic carbocycles. The Labute approximate surface area is 100 Å². The summed E-state index contributed by atoms with van der Waals surface area (Å²) < 4.78 is 10.7. The van der Waals surface area contributed by atoms with Crippen LogP contribution in [0.3, 0.4) is 0 Å². The summed E-state index contributed by atoms with van der Waals surface area (Å²) in [7, 11) is 0. The number of carbonyl (C=O) groups is 1. The van der Waals surface area contributed by atoms with Gasteiger partial charge in [-0.3, -0.25) is 0 Å². The maximum atomic E-state index is 10.7. The van der Waals surface area contributed by atoms with Crippen LogP contribution in [0.25, 0.3) is 0 Å². The zero-order valence-corrected chi connectivity index (χ0v) is 9.59. The average molecular weight is 236 g/mol. The maximum absolute atomic E-state index is 10.7. The Balaban J connectivity index is 1.76. The van der Waals surface area contributed by atoms with Crippen LogP contribution in [0.5, 0.6) is 0 Å². The van der Waals surface area contributed by atoms with Crippen molar-refractivity contribution in [3.63, 3.8) is 0 Å². The molecule has 4 heteroatoms. The van der Waals surface area contributed by atoms with Crippen LogP contribution in [0.15, 0.2) is 24.3 Å². The highest BCUT2D eigenvalue weighted by Gasteiger charge is 2.14. The second-order valence-electron chi connectivity index (χ2n) is 4.07. The molecule has 17 heavy (non-hydrogen) atoms. The fourth-order valence-corrected chi connectivity index (χ4v) is 1.86. The molecule has 1 fully saturated rings. The third-order valence-corrected chi connectivity index (χ3v) is 2.80. The molecular weight excluding hydrogens is 220 g/mol. The number of carboxylic acids is 1. The summed E-state index contributed by atoms with van der Waals surface area (Å²) in [5.41, 5.74) is 1.48. The van der Waals surface area contributed by atoms with Gasteiger partial charge in [-0.05, 0) is 37.0 Å². The van der Waals surface area contributed by atoms with Gasteiger partial charge in [-0.1, -0.05) is 12.1 Å². The molecule has 1 aliphatic rings. The Morgan fingerprint density at radius 1 is 1.24 bits per heavy atom. The Bertz CT molecular complexity index is 366. The summed E-state index contributed by atoms with van der Waals surface area (Å²) in [6.07, 6.45) is 2.74. The molecule has 1 aromatic carbocycles. The largest absolute Gasteiger partial charge is 0.478 e. The molecule has 2 rings (SSSR count). The summed E-state index contributed by atoms with van der Waals surface area (Å²) >= 11 is 0. The lowest BCUT2D eigenvalue weighted by Gasteiger charge is -2.08. The van der Waals surface area contributed by atoms with Crippen molar-refractivity contribution in [1.82, 2.24) is 0 Å². The van der Waals surface area contributed by atoms with Crippen LogP contribution in [0.4, 0.5) is 0 Å². The topological polar surface area (TPSA) is 55.8 Å². The SMILES string of the molecule is O=C(O)c1ccc(CCCC2OCCO2)cc1. The zero-order valence-electron chi connectivity index (χ0n) is 9.59. The first-order valence-electron chi connectivity index (χ1n) is 5.81. The Morgan fingerprint density at radius 3 is 2.47 bits per heavy atom. The van der Waals surface area contributed by atoms with Crippen LogP contribution >= 0.6 is 0 Å². The summed E-state index contributed by atoms with van der Waals surface area (Å²) in [6.45, 7) is 1.38. The van der Waals surface area contributed by atoms with Crippen molar-refractivity contribution >= 4 is 5.97 Å². The fraction of sp³-hybridized carbons (Fsp3) is 0.462. The van der Waals surface area contributed by atoms with Crippen molar-refractivity contribution in [3.8, 4) is 0 Å². The number of carboxylic acid groups (broad SMARTS) is 1. The van der Waals surface area contributed by atoms with Gasteiger partial charge in [0, 0.05) is 0 Å². The van der Waals surface area contributed by atoms with E-state index in [0.717, 1.165) is 24.8 Å². The van der Waals surface area contributed by atoms with Gasteiger partial charge in [-0.15, -0.1) is 0 Å². The molecule has 4 nitrogen and oxygen atoms in total. The summed E-state index contributed by atoms with van der Waals surface area (Å²) in [5, 5.41) is 8.76. The quantitative estimate of drug-likeness (QED) is 0.850. The predicted molar refractivity (Wildman–Crippen MR) is 62.0 cm³/mol. The third kappa shape index (κ3) is 3.54. The molecule has 0 atom stereocenters. The van der Waals surface area contributed by atoms with Crippen molar-refractivity contribution in [2.45, 2.75) is 25.6 Å². The zero-order chi connectivity index (χ0) is 12.1. The van der Waals surface area contributed by atoms with Gasteiger partial charge in [0.2, 0.25) is 0 Å². The molecule has 0 radical (unpaired) electrons. The van der Waals surface area contributed by atoms with E-state index in [0.29, 0.717) is 18.8 Å². The lowest BCUT2D eigenvalue weighted by atomic mass is 10.1. The normalized spacial score (nSPS) is 16.2. The van der Waals surface area contributed by atoms with Crippen molar-refractivity contribution in [1.29, 1.82) is 0 Å². The minimum absolute atomic E-state index is 0.0479. The van der Waals surface area contributed by atoms with Gasteiger partial charge < -0.3 is 14.6 Å². The van der Waals surface area contributed by atoms with E-state index in [1.54, 1.807) is 12.1 Å². The highest BCUT2D eigenvalue weighted by atomic mass is 16.7. The second kappa shape index (κ2) is 5.80. The number of hydrogen-bond acceptors (Lipinski definition) is 3. The van der Waals surface area contributed by atoms with Gasteiger partial charge in [-0.2, -0.15) is 0 Å². The first-order valence-corrected chi connectivity index (χ1v) is 5.81. The lowest BCUT2D eigenvalue weighted by Crippen LogP contribution is -2.07. The van der Waals surface area contributed by atoms with Crippen LogP contribution in [-0.4, -0.2) is 30.6 Å². The van der Waals surface area contributed by atoms with Gasteiger partial charge in [0.05, 0.1) is 18.8 Å². The molecule has 92 valence electrons. The fourth-order valence-electron chi connectivity index (χ4n) is 1.86. The van der Waals surface area contributed by atoms with E-state index in [1.807, 2.05) is 12.1 Å². The molecule has 0 unspecified atom stereocenters. The molecule has 0 spiro atoms. The van der Waals surface area contributed by atoms with Crippen molar-refractivity contribution in [2.75, 3.05) is 13.2 Å². The molecular formula is C13H16O4.